The van der Waals surface area contributed by atoms with Crippen molar-refractivity contribution in [3.05, 3.63) is 111 Å². The quantitative estimate of drug-likeness (QED) is 0.233. The lowest BCUT2D eigenvalue weighted by Crippen LogP contribution is -2.36. The Morgan fingerprint density at radius 1 is 0.902 bits per heavy atom. The topological polar surface area (TPSA) is 95.0 Å². The van der Waals surface area contributed by atoms with Crippen LogP contribution in [0.15, 0.2) is 92.8 Å². The summed E-state index contributed by atoms with van der Waals surface area (Å²) < 4.78 is 20.3. The van der Waals surface area contributed by atoms with Crippen LogP contribution in [0.4, 0.5) is 5.69 Å². The number of para-hydroxylation sites is 1. The molecule has 1 atom stereocenters. The van der Waals surface area contributed by atoms with Gasteiger partial charge in [0.15, 0.2) is 17.2 Å². The summed E-state index contributed by atoms with van der Waals surface area (Å²) in [6, 6.07) is 23.4. The van der Waals surface area contributed by atoms with Gasteiger partial charge in [-0.15, -0.1) is 5.10 Å². The largest absolute Gasteiger partial charge is 0.437 e. The number of hydrogen-bond acceptors (Lipinski definition) is 8. The summed E-state index contributed by atoms with van der Waals surface area (Å²) in [7, 11) is 0. The maximum Gasteiger partial charge on any atom is 0.344 e. The number of morpholine rings is 1. The molecular formula is C31H22BrN5O4. The molecule has 0 saturated carbocycles. The van der Waals surface area contributed by atoms with E-state index in [4.69, 9.17) is 24.0 Å². The molecule has 0 radical (unpaired) electrons. The van der Waals surface area contributed by atoms with Crippen molar-refractivity contribution < 1.29 is 13.9 Å². The lowest BCUT2D eigenvalue weighted by molar-refractivity contribution is 0.122. The first kappa shape index (κ1) is 24.3. The van der Waals surface area contributed by atoms with Gasteiger partial charge in [-0.2, -0.15) is 0 Å². The van der Waals surface area contributed by atoms with Gasteiger partial charge < -0.3 is 18.8 Å². The van der Waals surface area contributed by atoms with Crippen LogP contribution in [-0.4, -0.2) is 45.9 Å². The monoisotopic (exact) mass is 607 g/mol. The van der Waals surface area contributed by atoms with Gasteiger partial charge in [0, 0.05) is 28.8 Å². The van der Waals surface area contributed by atoms with Crippen LogP contribution in [-0.2, 0) is 4.74 Å². The fraction of sp³-hybridized carbons (Fsp3) is 0.161. The Morgan fingerprint density at radius 3 is 2.51 bits per heavy atom. The van der Waals surface area contributed by atoms with Crippen molar-refractivity contribution in [2.75, 3.05) is 31.2 Å². The molecule has 3 aromatic carbocycles. The number of nitrogens with zero attached hydrogens (tertiary/aromatic N) is 5. The Balaban J connectivity index is 1.36. The second-order valence-electron chi connectivity index (χ2n) is 10.0. The van der Waals surface area contributed by atoms with Gasteiger partial charge in [0.2, 0.25) is 5.88 Å². The molecule has 0 N–H and O–H groups in total. The molecule has 0 aliphatic carbocycles. The van der Waals surface area contributed by atoms with Crippen LogP contribution in [0.25, 0.3) is 28.0 Å². The number of benzene rings is 3. The van der Waals surface area contributed by atoms with Crippen LogP contribution >= 0.6 is 15.9 Å². The first-order valence-electron chi connectivity index (χ1n) is 13.3. The average molecular weight is 608 g/mol. The zero-order valence-electron chi connectivity index (χ0n) is 21.7. The first-order valence-corrected chi connectivity index (χ1v) is 14.1. The van der Waals surface area contributed by atoms with E-state index >= 15 is 0 Å². The van der Waals surface area contributed by atoms with Crippen molar-refractivity contribution >= 4 is 38.2 Å². The Hall–Kier alpha value is -4.54. The molecule has 0 bridgehead atoms. The minimum atomic E-state index is -0.541. The molecule has 2 aliphatic rings. The average Bonchev–Trinajstić information content (AvgIpc) is 3.45. The third-order valence-electron chi connectivity index (χ3n) is 7.68. The Bertz CT molecular complexity index is 2010. The first-order chi connectivity index (χ1) is 20.2. The summed E-state index contributed by atoms with van der Waals surface area (Å²) in [5.41, 5.74) is 4.48. The van der Waals surface area contributed by atoms with Crippen LogP contribution in [0.5, 0.6) is 11.6 Å². The Labute approximate surface area is 242 Å². The molecule has 10 heteroatoms. The van der Waals surface area contributed by atoms with E-state index in [-0.39, 0.29) is 0 Å². The summed E-state index contributed by atoms with van der Waals surface area (Å²) in [6.07, 6.45) is 1.60. The highest BCUT2D eigenvalue weighted by atomic mass is 79.9. The van der Waals surface area contributed by atoms with Crippen LogP contribution in [0, 0.1) is 0 Å². The fourth-order valence-corrected chi connectivity index (χ4v) is 6.18. The van der Waals surface area contributed by atoms with Gasteiger partial charge in [-0.25, -0.2) is 19.3 Å². The lowest BCUT2D eigenvalue weighted by Gasteiger charge is -2.30. The van der Waals surface area contributed by atoms with Crippen molar-refractivity contribution in [3.63, 3.8) is 0 Å². The number of rotatable bonds is 3. The molecule has 3 aromatic heterocycles. The SMILES string of the molecule is O=c1oc2ccccc2c2c1C(c1ccc(N3CCOCC3)cc1)c1c(ncn3nc(-c4ccccc4Br)nc13)O2. The number of halogens is 1. The second kappa shape index (κ2) is 9.53. The second-order valence-corrected chi connectivity index (χ2v) is 10.9. The molecule has 41 heavy (non-hydrogen) atoms. The molecule has 2 aliphatic heterocycles. The molecule has 8 rings (SSSR count). The highest BCUT2D eigenvalue weighted by Gasteiger charge is 2.37. The van der Waals surface area contributed by atoms with Crippen LogP contribution in [0.2, 0.25) is 0 Å². The molecule has 1 fully saturated rings. The third-order valence-corrected chi connectivity index (χ3v) is 8.37. The molecular weight excluding hydrogens is 586 g/mol. The molecule has 1 unspecified atom stereocenters. The van der Waals surface area contributed by atoms with E-state index in [2.05, 4.69) is 50.1 Å². The highest BCUT2D eigenvalue weighted by molar-refractivity contribution is 9.10. The normalized spacial score (nSPS) is 16.4. The van der Waals surface area contributed by atoms with Crippen molar-refractivity contribution in [3.8, 4) is 23.0 Å². The molecule has 0 amide bonds. The third kappa shape index (κ3) is 3.93. The number of fused-ring (bicyclic) bond motifs is 6. The zero-order chi connectivity index (χ0) is 27.5. The Morgan fingerprint density at radius 2 is 1.68 bits per heavy atom. The summed E-state index contributed by atoms with van der Waals surface area (Å²) in [5.74, 6) is 0.828. The maximum absolute atomic E-state index is 13.7. The van der Waals surface area contributed by atoms with E-state index < -0.39 is 11.5 Å². The van der Waals surface area contributed by atoms with Gasteiger partial charge in [0.1, 0.15) is 11.9 Å². The predicted octanol–water partition coefficient (Wildman–Crippen LogP) is 5.78. The van der Waals surface area contributed by atoms with E-state index in [1.54, 1.807) is 16.9 Å². The number of aromatic nitrogens is 4. The van der Waals surface area contributed by atoms with Crippen LogP contribution in [0.3, 0.4) is 0 Å². The summed E-state index contributed by atoms with van der Waals surface area (Å²) in [5, 5.41) is 5.43. The van der Waals surface area contributed by atoms with Crippen molar-refractivity contribution in [1.82, 2.24) is 19.6 Å². The predicted molar refractivity (Wildman–Crippen MR) is 157 cm³/mol. The smallest absolute Gasteiger partial charge is 0.344 e. The molecule has 6 aromatic rings. The van der Waals surface area contributed by atoms with Crippen LogP contribution in [0.1, 0.15) is 22.6 Å². The van der Waals surface area contributed by atoms with Crippen molar-refractivity contribution in [1.29, 1.82) is 0 Å². The number of ether oxygens (including phenoxy) is 2. The molecule has 9 nitrogen and oxygen atoms in total. The van der Waals surface area contributed by atoms with Gasteiger partial charge in [-0.3, -0.25) is 0 Å². The summed E-state index contributed by atoms with van der Waals surface area (Å²) >= 11 is 3.61. The fourth-order valence-electron chi connectivity index (χ4n) is 5.72. The van der Waals surface area contributed by atoms with Crippen molar-refractivity contribution in [2.24, 2.45) is 0 Å². The highest BCUT2D eigenvalue weighted by Crippen LogP contribution is 2.49. The summed E-state index contributed by atoms with van der Waals surface area (Å²) in [6.45, 7) is 3.07. The zero-order valence-corrected chi connectivity index (χ0v) is 23.2. The van der Waals surface area contributed by atoms with E-state index in [0.717, 1.165) is 34.4 Å². The van der Waals surface area contributed by atoms with Gasteiger partial charge in [-0.05, 0) is 42.0 Å². The molecule has 5 heterocycles. The summed E-state index contributed by atoms with van der Waals surface area (Å²) in [4.78, 5) is 25.5. The maximum atomic E-state index is 13.7. The van der Waals surface area contributed by atoms with E-state index in [1.807, 2.05) is 42.5 Å². The van der Waals surface area contributed by atoms with Gasteiger partial charge >= 0.3 is 5.63 Å². The minimum absolute atomic E-state index is 0.383. The van der Waals surface area contributed by atoms with Gasteiger partial charge in [0.05, 0.1) is 35.6 Å². The number of anilines is 1. The molecule has 1 saturated heterocycles. The van der Waals surface area contributed by atoms with Gasteiger partial charge in [-0.1, -0.05) is 52.3 Å². The van der Waals surface area contributed by atoms with E-state index in [9.17, 15) is 4.79 Å². The van der Waals surface area contributed by atoms with Crippen molar-refractivity contribution in [2.45, 2.75) is 5.92 Å². The minimum Gasteiger partial charge on any atom is -0.437 e. The molecule has 202 valence electrons. The number of hydrogen-bond donors (Lipinski definition) is 0. The van der Waals surface area contributed by atoms with E-state index in [1.165, 1.54) is 0 Å². The Kier molecular flexibility index (Phi) is 5.64. The standard InChI is InChI=1S/C31H22BrN5O4/c32-22-7-3-1-5-20(22)28-34-29-26-24(18-9-11-19(12-10-18)36-13-15-39-16-14-36)25-27(41-30(26)33-17-37(29)35-28)21-6-2-4-8-23(21)40-31(25)38/h1-12,17,24H,13-16H2. The van der Waals surface area contributed by atoms with E-state index in [0.29, 0.717) is 58.4 Å². The van der Waals surface area contributed by atoms with Crippen LogP contribution < -0.4 is 15.3 Å². The van der Waals surface area contributed by atoms with Gasteiger partial charge in [0.25, 0.3) is 0 Å². The molecule has 0 spiro atoms. The lowest BCUT2D eigenvalue weighted by atomic mass is 9.84.